The van der Waals surface area contributed by atoms with Crippen molar-refractivity contribution in [2.24, 2.45) is 0 Å². The van der Waals surface area contributed by atoms with Gasteiger partial charge in [-0.1, -0.05) is 24.3 Å². The van der Waals surface area contributed by atoms with Crippen molar-refractivity contribution in [3.05, 3.63) is 41.6 Å². The van der Waals surface area contributed by atoms with Crippen LogP contribution in [0.2, 0.25) is 0 Å². The van der Waals surface area contributed by atoms with Gasteiger partial charge in [0, 0.05) is 26.3 Å². The summed E-state index contributed by atoms with van der Waals surface area (Å²) in [6, 6.07) is 8.02. The van der Waals surface area contributed by atoms with Crippen LogP contribution in [0.5, 0.6) is 0 Å². The summed E-state index contributed by atoms with van der Waals surface area (Å²) in [5, 5.41) is 3.14. The van der Waals surface area contributed by atoms with E-state index in [0.717, 1.165) is 24.2 Å². The molecule has 3 heteroatoms. The molecule has 0 aromatic heterocycles. The number of nitrogens with zero attached hydrogens (tertiary/aromatic N) is 1. The molecule has 0 atom stereocenters. The second-order valence-electron chi connectivity index (χ2n) is 3.92. The van der Waals surface area contributed by atoms with Gasteiger partial charge in [-0.15, -0.1) is 0 Å². The quantitative estimate of drug-likeness (QED) is 0.814. The van der Waals surface area contributed by atoms with E-state index in [1.54, 1.807) is 4.90 Å². The number of hydrogen-bond acceptors (Lipinski definition) is 2. The maximum Gasteiger partial charge on any atom is 0.255 e. The summed E-state index contributed by atoms with van der Waals surface area (Å²) >= 11 is 0. The largest absolute Gasteiger partial charge is 0.386 e. The highest BCUT2D eigenvalue weighted by atomic mass is 16.2. The fraction of sp³-hybridized carbons (Fsp3) is 0.308. The summed E-state index contributed by atoms with van der Waals surface area (Å²) in [5.74, 6) is 0.0714. The zero-order valence-corrected chi connectivity index (χ0v) is 9.66. The molecule has 0 radical (unpaired) electrons. The lowest BCUT2D eigenvalue weighted by atomic mass is 9.97. The molecule has 1 heterocycles. The third-order valence-corrected chi connectivity index (χ3v) is 2.90. The van der Waals surface area contributed by atoms with Crippen molar-refractivity contribution in [3.8, 4) is 0 Å². The number of likely N-dealkylation sites (N-methyl/N-ethyl adjacent to an activating group) is 1. The molecular formula is C13H16N2O. The van der Waals surface area contributed by atoms with Gasteiger partial charge in [-0.25, -0.2) is 0 Å². The van der Waals surface area contributed by atoms with E-state index >= 15 is 0 Å². The fourth-order valence-electron chi connectivity index (χ4n) is 1.80. The van der Waals surface area contributed by atoms with Crippen molar-refractivity contribution in [3.63, 3.8) is 0 Å². The van der Waals surface area contributed by atoms with Crippen molar-refractivity contribution in [2.45, 2.75) is 13.5 Å². The Hall–Kier alpha value is -1.77. The van der Waals surface area contributed by atoms with Crippen LogP contribution in [0.15, 0.2) is 30.5 Å². The van der Waals surface area contributed by atoms with Crippen LogP contribution >= 0.6 is 0 Å². The van der Waals surface area contributed by atoms with Crippen molar-refractivity contribution >= 4 is 11.5 Å². The molecule has 84 valence electrons. The number of fused-ring (bicyclic) bond motifs is 1. The summed E-state index contributed by atoms with van der Waals surface area (Å²) in [6.45, 7) is 3.49. The highest BCUT2D eigenvalue weighted by molar-refractivity contribution is 6.19. The van der Waals surface area contributed by atoms with Crippen LogP contribution in [-0.2, 0) is 11.3 Å². The zero-order valence-electron chi connectivity index (χ0n) is 9.66. The molecule has 0 aliphatic carbocycles. The number of carbonyl (C=O) groups is 1. The normalized spacial score (nSPS) is 13.5. The van der Waals surface area contributed by atoms with Crippen molar-refractivity contribution in [2.75, 3.05) is 13.6 Å². The van der Waals surface area contributed by atoms with Gasteiger partial charge in [0.25, 0.3) is 5.91 Å². The molecule has 0 spiro atoms. The van der Waals surface area contributed by atoms with Crippen LogP contribution in [0.3, 0.4) is 0 Å². The van der Waals surface area contributed by atoms with E-state index in [2.05, 4.69) is 11.4 Å². The monoisotopic (exact) mass is 216 g/mol. The molecule has 0 saturated heterocycles. The average molecular weight is 216 g/mol. The molecule has 3 nitrogen and oxygen atoms in total. The molecule has 0 unspecified atom stereocenters. The van der Waals surface area contributed by atoms with E-state index in [-0.39, 0.29) is 5.91 Å². The lowest BCUT2D eigenvalue weighted by Gasteiger charge is -2.22. The van der Waals surface area contributed by atoms with E-state index in [4.69, 9.17) is 0 Å². The number of carbonyl (C=O) groups excluding carboxylic acids is 1. The second-order valence-corrected chi connectivity index (χ2v) is 3.92. The zero-order chi connectivity index (χ0) is 11.5. The van der Waals surface area contributed by atoms with Gasteiger partial charge in [0.15, 0.2) is 0 Å². The molecular weight excluding hydrogens is 200 g/mol. The Morgan fingerprint density at radius 1 is 1.44 bits per heavy atom. The minimum Gasteiger partial charge on any atom is -0.386 e. The predicted octanol–water partition coefficient (Wildman–Crippen LogP) is 1.61. The van der Waals surface area contributed by atoms with Gasteiger partial charge < -0.3 is 10.2 Å². The van der Waals surface area contributed by atoms with Crippen LogP contribution < -0.4 is 5.32 Å². The van der Waals surface area contributed by atoms with Crippen LogP contribution in [0.4, 0.5) is 0 Å². The number of hydrogen-bond donors (Lipinski definition) is 1. The Kier molecular flexibility index (Phi) is 2.95. The first-order chi connectivity index (χ1) is 7.74. The Balaban J connectivity index is 2.36. The summed E-state index contributed by atoms with van der Waals surface area (Å²) < 4.78 is 0. The highest BCUT2D eigenvalue weighted by Gasteiger charge is 2.20. The summed E-state index contributed by atoms with van der Waals surface area (Å²) in [6.07, 6.45) is 1.82. The minimum absolute atomic E-state index is 0.0714. The molecule has 16 heavy (non-hydrogen) atoms. The van der Waals surface area contributed by atoms with E-state index in [1.807, 2.05) is 38.4 Å². The first-order valence-corrected chi connectivity index (χ1v) is 5.51. The van der Waals surface area contributed by atoms with Gasteiger partial charge in [-0.05, 0) is 18.1 Å². The fourth-order valence-corrected chi connectivity index (χ4v) is 1.80. The Labute approximate surface area is 95.8 Å². The van der Waals surface area contributed by atoms with Gasteiger partial charge in [-0.2, -0.15) is 0 Å². The molecule has 1 amide bonds. The Bertz CT molecular complexity index is 437. The van der Waals surface area contributed by atoms with Crippen molar-refractivity contribution in [1.29, 1.82) is 0 Å². The number of amides is 1. The van der Waals surface area contributed by atoms with Gasteiger partial charge in [0.2, 0.25) is 0 Å². The molecule has 0 bridgehead atoms. The first kappa shape index (κ1) is 10.7. The predicted molar refractivity (Wildman–Crippen MR) is 64.6 cm³/mol. The molecule has 1 aliphatic heterocycles. The van der Waals surface area contributed by atoms with E-state index in [0.29, 0.717) is 0 Å². The topological polar surface area (TPSA) is 32.3 Å². The van der Waals surface area contributed by atoms with Gasteiger partial charge in [0.05, 0.1) is 5.57 Å². The molecule has 1 aromatic carbocycles. The standard InChI is InChI=1S/C13H16N2O/c1-3-15(2)13(16)12-9-14-8-10-6-4-5-7-11(10)12/h4-7,9,14H,3,8H2,1-2H3. The van der Waals surface area contributed by atoms with Gasteiger partial charge in [-0.3, -0.25) is 4.79 Å². The molecule has 1 aromatic rings. The molecule has 2 rings (SSSR count). The lowest BCUT2D eigenvalue weighted by molar-refractivity contribution is -0.123. The van der Waals surface area contributed by atoms with Gasteiger partial charge >= 0.3 is 0 Å². The number of rotatable bonds is 2. The van der Waals surface area contributed by atoms with Crippen LogP contribution in [0.1, 0.15) is 18.1 Å². The van der Waals surface area contributed by atoms with Crippen molar-refractivity contribution in [1.82, 2.24) is 10.2 Å². The van der Waals surface area contributed by atoms with Gasteiger partial charge in [0.1, 0.15) is 0 Å². The summed E-state index contributed by atoms with van der Waals surface area (Å²) in [7, 11) is 1.82. The number of benzene rings is 1. The highest BCUT2D eigenvalue weighted by Crippen LogP contribution is 2.23. The summed E-state index contributed by atoms with van der Waals surface area (Å²) in [4.78, 5) is 13.8. The van der Waals surface area contributed by atoms with E-state index in [1.165, 1.54) is 5.56 Å². The van der Waals surface area contributed by atoms with Crippen molar-refractivity contribution < 1.29 is 4.79 Å². The maximum absolute atomic E-state index is 12.1. The SMILES string of the molecule is CCN(C)C(=O)C1=CNCc2ccccc21. The number of nitrogens with one attached hydrogen (secondary N) is 1. The second kappa shape index (κ2) is 4.39. The molecule has 0 saturated carbocycles. The Morgan fingerprint density at radius 3 is 2.94 bits per heavy atom. The van der Waals surface area contributed by atoms with E-state index < -0.39 is 0 Å². The average Bonchev–Trinajstić information content (AvgIpc) is 2.36. The molecule has 0 fully saturated rings. The van der Waals surface area contributed by atoms with E-state index in [9.17, 15) is 4.79 Å². The lowest BCUT2D eigenvalue weighted by Crippen LogP contribution is -2.29. The summed E-state index contributed by atoms with van der Waals surface area (Å²) in [5.41, 5.74) is 2.98. The Morgan fingerprint density at radius 2 is 2.19 bits per heavy atom. The first-order valence-electron chi connectivity index (χ1n) is 5.51. The maximum atomic E-state index is 12.1. The smallest absolute Gasteiger partial charge is 0.255 e. The van der Waals surface area contributed by atoms with Crippen LogP contribution in [0, 0.1) is 0 Å². The third-order valence-electron chi connectivity index (χ3n) is 2.90. The van der Waals surface area contributed by atoms with Crippen LogP contribution in [0.25, 0.3) is 5.57 Å². The minimum atomic E-state index is 0.0714. The van der Waals surface area contributed by atoms with Crippen LogP contribution in [-0.4, -0.2) is 24.4 Å². The molecule has 1 N–H and O–H groups in total. The molecule has 1 aliphatic rings. The third kappa shape index (κ3) is 1.81.